The minimum absolute atomic E-state index is 0.0712. The van der Waals surface area contributed by atoms with Crippen molar-refractivity contribution in [3.05, 3.63) is 59.4 Å². The van der Waals surface area contributed by atoms with Gasteiger partial charge in [-0.2, -0.15) is 0 Å². The Labute approximate surface area is 136 Å². The number of methoxy groups -OCH3 is 1. The van der Waals surface area contributed by atoms with Crippen molar-refractivity contribution in [2.75, 3.05) is 25.6 Å². The predicted octanol–water partition coefficient (Wildman–Crippen LogP) is 1.99. The van der Waals surface area contributed by atoms with Crippen molar-refractivity contribution >= 4 is 17.5 Å². The molecule has 2 rings (SSSR count). The van der Waals surface area contributed by atoms with E-state index in [1.165, 1.54) is 25.4 Å². The fourth-order valence-corrected chi connectivity index (χ4v) is 1.84. The maximum atomic E-state index is 13.6. The van der Waals surface area contributed by atoms with Crippen LogP contribution >= 0.6 is 0 Å². The second-order valence-electron chi connectivity index (χ2n) is 4.76. The number of rotatable bonds is 6. The van der Waals surface area contributed by atoms with E-state index in [0.717, 1.165) is 12.1 Å². The molecule has 2 aromatic rings. The molecule has 0 saturated carbocycles. The van der Waals surface area contributed by atoms with Crippen LogP contribution < -0.4 is 10.6 Å². The van der Waals surface area contributed by atoms with Crippen LogP contribution in [0.1, 0.15) is 20.8 Å². The van der Waals surface area contributed by atoms with Gasteiger partial charge in [0, 0.05) is 31.5 Å². The molecule has 6 nitrogen and oxygen atoms in total. The highest BCUT2D eigenvalue weighted by Gasteiger charge is 2.14. The summed E-state index contributed by atoms with van der Waals surface area (Å²) in [6.07, 6.45) is 1.29. The van der Waals surface area contributed by atoms with Crippen LogP contribution in [-0.2, 0) is 4.74 Å². The summed E-state index contributed by atoms with van der Waals surface area (Å²) >= 11 is 0. The Morgan fingerprint density at radius 2 is 1.96 bits per heavy atom. The molecule has 2 amide bonds. The van der Waals surface area contributed by atoms with E-state index in [2.05, 4.69) is 15.6 Å². The van der Waals surface area contributed by atoms with E-state index < -0.39 is 23.4 Å². The van der Waals surface area contributed by atoms with Gasteiger partial charge in [0.25, 0.3) is 11.8 Å². The van der Waals surface area contributed by atoms with Gasteiger partial charge in [-0.1, -0.05) is 0 Å². The molecule has 2 N–H and O–H groups in total. The fourth-order valence-electron chi connectivity index (χ4n) is 1.84. The number of hydrogen-bond acceptors (Lipinski definition) is 4. The van der Waals surface area contributed by atoms with Gasteiger partial charge < -0.3 is 15.4 Å². The lowest BCUT2D eigenvalue weighted by Gasteiger charge is -2.08. The van der Waals surface area contributed by atoms with E-state index in [1.54, 1.807) is 0 Å². The summed E-state index contributed by atoms with van der Waals surface area (Å²) in [5.41, 5.74) is -0.0258. The third kappa shape index (κ3) is 4.56. The van der Waals surface area contributed by atoms with Gasteiger partial charge in [-0.25, -0.2) is 8.78 Å². The zero-order valence-corrected chi connectivity index (χ0v) is 12.8. The molecule has 0 radical (unpaired) electrons. The van der Waals surface area contributed by atoms with Crippen LogP contribution in [0.3, 0.4) is 0 Å². The Kier molecular flexibility index (Phi) is 5.91. The van der Waals surface area contributed by atoms with Crippen molar-refractivity contribution < 1.29 is 23.1 Å². The first-order chi connectivity index (χ1) is 11.5. The molecule has 24 heavy (non-hydrogen) atoms. The van der Waals surface area contributed by atoms with Crippen molar-refractivity contribution in [2.24, 2.45) is 0 Å². The smallest absolute Gasteiger partial charge is 0.274 e. The predicted molar refractivity (Wildman–Crippen MR) is 82.8 cm³/mol. The average molecular weight is 335 g/mol. The van der Waals surface area contributed by atoms with Gasteiger partial charge in [0.15, 0.2) is 0 Å². The number of benzene rings is 1. The van der Waals surface area contributed by atoms with Gasteiger partial charge in [-0.15, -0.1) is 0 Å². The summed E-state index contributed by atoms with van der Waals surface area (Å²) in [5, 5.41) is 4.88. The molecule has 1 aromatic carbocycles. The number of amides is 2. The standard InChI is InChI=1S/C16H15F2N3O3/c1-24-7-6-20-15(22)10-4-5-19-14(8-10)16(23)21-13-3-2-11(17)9-12(13)18/h2-5,8-9H,6-7H2,1H3,(H,20,22)(H,21,23). The van der Waals surface area contributed by atoms with Crippen LogP contribution in [0.2, 0.25) is 0 Å². The van der Waals surface area contributed by atoms with Gasteiger partial charge in [0.05, 0.1) is 12.3 Å². The topological polar surface area (TPSA) is 80.3 Å². The SMILES string of the molecule is COCCNC(=O)c1ccnc(C(=O)Nc2ccc(F)cc2F)c1. The van der Waals surface area contributed by atoms with Gasteiger partial charge in [0.1, 0.15) is 17.3 Å². The van der Waals surface area contributed by atoms with E-state index in [1.807, 2.05) is 0 Å². The van der Waals surface area contributed by atoms with Crippen molar-refractivity contribution in [1.29, 1.82) is 0 Å². The number of nitrogens with zero attached hydrogens (tertiary/aromatic N) is 1. The van der Waals surface area contributed by atoms with Crippen LogP contribution in [0.4, 0.5) is 14.5 Å². The fraction of sp³-hybridized carbons (Fsp3) is 0.188. The molecule has 8 heteroatoms. The molecule has 0 unspecified atom stereocenters. The number of halogens is 2. The normalized spacial score (nSPS) is 10.3. The molecule has 1 heterocycles. The van der Waals surface area contributed by atoms with Crippen molar-refractivity contribution in [1.82, 2.24) is 10.3 Å². The molecule has 0 aliphatic carbocycles. The third-order valence-corrected chi connectivity index (χ3v) is 3.03. The second kappa shape index (κ2) is 8.11. The summed E-state index contributed by atoms with van der Waals surface area (Å²) in [6.45, 7) is 0.675. The number of pyridine rings is 1. The van der Waals surface area contributed by atoms with Crippen LogP contribution in [0.15, 0.2) is 36.5 Å². The molecule has 0 saturated heterocycles. The van der Waals surface area contributed by atoms with Crippen LogP contribution in [0, 0.1) is 11.6 Å². The zero-order valence-electron chi connectivity index (χ0n) is 12.8. The zero-order chi connectivity index (χ0) is 17.5. The van der Waals surface area contributed by atoms with E-state index in [9.17, 15) is 18.4 Å². The molecular weight excluding hydrogens is 320 g/mol. The molecule has 0 fully saturated rings. The van der Waals surface area contributed by atoms with E-state index in [0.29, 0.717) is 19.2 Å². The van der Waals surface area contributed by atoms with Gasteiger partial charge in [-0.3, -0.25) is 14.6 Å². The second-order valence-corrected chi connectivity index (χ2v) is 4.76. The number of hydrogen-bond donors (Lipinski definition) is 2. The summed E-state index contributed by atoms with van der Waals surface area (Å²) < 4.78 is 31.2. The maximum absolute atomic E-state index is 13.6. The summed E-state index contributed by atoms with van der Waals surface area (Å²) in [5.74, 6) is -2.77. The average Bonchev–Trinajstić information content (AvgIpc) is 2.57. The van der Waals surface area contributed by atoms with E-state index in [4.69, 9.17) is 4.74 Å². The van der Waals surface area contributed by atoms with Crippen molar-refractivity contribution in [3.63, 3.8) is 0 Å². The lowest BCUT2D eigenvalue weighted by Crippen LogP contribution is -2.27. The van der Waals surface area contributed by atoms with Gasteiger partial charge in [-0.05, 0) is 24.3 Å². The van der Waals surface area contributed by atoms with Crippen LogP contribution in [-0.4, -0.2) is 37.1 Å². The Bertz CT molecular complexity index is 753. The molecule has 126 valence electrons. The third-order valence-electron chi connectivity index (χ3n) is 3.03. The molecule has 0 aliphatic rings. The number of ether oxygens (including phenoxy) is 1. The first-order valence-electron chi connectivity index (χ1n) is 7.01. The van der Waals surface area contributed by atoms with E-state index in [-0.39, 0.29) is 16.9 Å². The Hall–Kier alpha value is -2.87. The summed E-state index contributed by atoms with van der Waals surface area (Å²) in [4.78, 5) is 27.9. The molecule has 0 spiro atoms. The number of carbonyl (C=O) groups excluding carboxylic acids is 2. The summed E-state index contributed by atoms with van der Waals surface area (Å²) in [7, 11) is 1.51. The monoisotopic (exact) mass is 335 g/mol. The van der Waals surface area contributed by atoms with Crippen LogP contribution in [0.5, 0.6) is 0 Å². The van der Waals surface area contributed by atoms with Crippen molar-refractivity contribution in [3.8, 4) is 0 Å². The molecule has 1 aromatic heterocycles. The molecular formula is C16H15F2N3O3. The molecule has 0 atom stereocenters. The first-order valence-corrected chi connectivity index (χ1v) is 7.01. The first kappa shape index (κ1) is 17.5. The number of nitrogens with one attached hydrogen (secondary N) is 2. The highest BCUT2D eigenvalue weighted by atomic mass is 19.1. The maximum Gasteiger partial charge on any atom is 0.274 e. The largest absolute Gasteiger partial charge is 0.383 e. The number of aromatic nitrogens is 1. The quantitative estimate of drug-likeness (QED) is 0.791. The lowest BCUT2D eigenvalue weighted by molar-refractivity contribution is 0.0937. The van der Waals surface area contributed by atoms with Crippen molar-refractivity contribution in [2.45, 2.75) is 0 Å². The Morgan fingerprint density at radius 3 is 2.67 bits per heavy atom. The van der Waals surface area contributed by atoms with Gasteiger partial charge in [0.2, 0.25) is 0 Å². The highest BCUT2D eigenvalue weighted by Crippen LogP contribution is 2.16. The Morgan fingerprint density at radius 1 is 1.17 bits per heavy atom. The molecule has 0 aliphatic heterocycles. The number of carbonyl (C=O) groups is 2. The van der Waals surface area contributed by atoms with Gasteiger partial charge >= 0.3 is 0 Å². The Balaban J connectivity index is 2.09. The lowest BCUT2D eigenvalue weighted by atomic mass is 10.2. The minimum atomic E-state index is -0.906. The molecule has 0 bridgehead atoms. The minimum Gasteiger partial charge on any atom is -0.383 e. The highest BCUT2D eigenvalue weighted by molar-refractivity contribution is 6.04. The van der Waals surface area contributed by atoms with Crippen LogP contribution in [0.25, 0.3) is 0 Å². The number of anilines is 1. The van der Waals surface area contributed by atoms with E-state index >= 15 is 0 Å². The summed E-state index contributed by atoms with van der Waals surface area (Å²) in [6, 6.07) is 5.49.